The second-order valence-corrected chi connectivity index (χ2v) is 4.15. The Hall–Kier alpha value is -0.570. The predicted octanol–water partition coefficient (Wildman–Crippen LogP) is 1.81. The van der Waals surface area contributed by atoms with E-state index in [1.54, 1.807) is 0 Å². The highest BCUT2D eigenvalue weighted by Crippen LogP contribution is 2.26. The number of esters is 1. The second-order valence-electron chi connectivity index (χ2n) is 4.15. The van der Waals surface area contributed by atoms with E-state index in [0.717, 1.165) is 0 Å². The van der Waals surface area contributed by atoms with Crippen molar-refractivity contribution < 1.29 is 9.53 Å². The van der Waals surface area contributed by atoms with Crippen LogP contribution in [-0.2, 0) is 9.53 Å². The third kappa shape index (κ3) is 2.27. The Morgan fingerprint density at radius 3 is 2.36 bits per heavy atom. The molecule has 1 saturated heterocycles. The van der Waals surface area contributed by atoms with Crippen LogP contribution in [0, 0.1) is 0 Å². The van der Waals surface area contributed by atoms with E-state index in [4.69, 9.17) is 4.74 Å². The monoisotopic (exact) mass is 199 g/mol. The van der Waals surface area contributed by atoms with Crippen molar-refractivity contribution in [3.05, 3.63) is 0 Å². The third-order valence-corrected chi connectivity index (χ3v) is 3.10. The Labute approximate surface area is 86.4 Å². The van der Waals surface area contributed by atoms with Crippen LogP contribution < -0.4 is 0 Å². The summed E-state index contributed by atoms with van der Waals surface area (Å²) in [6.07, 6.45) is 2.37. The van der Waals surface area contributed by atoms with Crippen molar-refractivity contribution in [1.82, 2.24) is 4.90 Å². The molecule has 0 amide bonds. The summed E-state index contributed by atoms with van der Waals surface area (Å²) in [5.74, 6) is -0.0897. The number of hydrogen-bond donors (Lipinski definition) is 0. The van der Waals surface area contributed by atoms with Gasteiger partial charge in [-0.25, -0.2) is 0 Å². The molecular weight excluding hydrogens is 178 g/mol. The molecule has 0 radical (unpaired) electrons. The summed E-state index contributed by atoms with van der Waals surface area (Å²) in [5, 5.41) is 0. The van der Waals surface area contributed by atoms with E-state index in [1.807, 2.05) is 13.8 Å². The normalized spacial score (nSPS) is 30.3. The highest BCUT2D eigenvalue weighted by atomic mass is 16.5. The molecule has 1 rings (SSSR count). The van der Waals surface area contributed by atoms with Crippen LogP contribution in [0.3, 0.4) is 0 Å². The van der Waals surface area contributed by atoms with Gasteiger partial charge in [0.15, 0.2) is 0 Å². The molecule has 1 heterocycles. The smallest absolute Gasteiger partial charge is 0.323 e. The summed E-state index contributed by atoms with van der Waals surface area (Å²) in [4.78, 5) is 13.8. The number of likely N-dealkylation sites (tertiary alicyclic amines) is 1. The lowest BCUT2D eigenvalue weighted by Gasteiger charge is -2.30. The molecule has 0 saturated carbocycles. The lowest BCUT2D eigenvalue weighted by atomic mass is 10.2. The number of nitrogens with zero attached hydrogens (tertiary/aromatic N) is 1. The molecule has 0 aliphatic carbocycles. The Balaban J connectivity index is 2.58. The van der Waals surface area contributed by atoms with Crippen LogP contribution in [0.1, 0.15) is 40.5 Å². The predicted molar refractivity (Wildman–Crippen MR) is 56.1 cm³/mol. The maximum atomic E-state index is 11.6. The van der Waals surface area contributed by atoms with Crippen LogP contribution in [-0.4, -0.2) is 35.6 Å². The lowest BCUT2D eigenvalue weighted by Crippen LogP contribution is -2.45. The zero-order chi connectivity index (χ0) is 10.7. The minimum Gasteiger partial charge on any atom is -0.465 e. The fourth-order valence-corrected chi connectivity index (χ4v) is 2.36. The minimum absolute atomic E-state index is 0.0897. The van der Waals surface area contributed by atoms with E-state index < -0.39 is 0 Å². The highest BCUT2D eigenvalue weighted by molar-refractivity contribution is 5.75. The molecule has 82 valence electrons. The van der Waals surface area contributed by atoms with Crippen molar-refractivity contribution in [2.24, 2.45) is 0 Å². The first-order valence-electron chi connectivity index (χ1n) is 5.52. The molecule has 0 N–H and O–H groups in total. The maximum absolute atomic E-state index is 11.6. The molecule has 1 fully saturated rings. The van der Waals surface area contributed by atoms with E-state index in [0.29, 0.717) is 18.7 Å². The quantitative estimate of drug-likeness (QED) is 0.649. The van der Waals surface area contributed by atoms with Crippen molar-refractivity contribution in [3.8, 4) is 0 Å². The van der Waals surface area contributed by atoms with Gasteiger partial charge in [0.2, 0.25) is 0 Å². The van der Waals surface area contributed by atoms with Crippen LogP contribution in [0.4, 0.5) is 0 Å². The standard InChI is InChI=1S/C11H21NO2/c1-5-14-11(13)10(4)12-8(2)6-7-9(12)3/h8-10H,5-7H2,1-4H3. The molecule has 3 nitrogen and oxygen atoms in total. The average Bonchev–Trinajstić information content (AvgIpc) is 2.46. The molecule has 3 unspecified atom stereocenters. The number of rotatable bonds is 3. The molecule has 0 spiro atoms. The molecule has 0 bridgehead atoms. The first-order valence-corrected chi connectivity index (χ1v) is 5.52. The van der Waals surface area contributed by atoms with Crippen molar-refractivity contribution >= 4 is 5.97 Å². The fraction of sp³-hybridized carbons (Fsp3) is 0.909. The Morgan fingerprint density at radius 1 is 1.43 bits per heavy atom. The number of carbonyl (C=O) groups excluding carboxylic acids is 1. The topological polar surface area (TPSA) is 29.5 Å². The molecule has 0 aromatic heterocycles. The van der Waals surface area contributed by atoms with Crippen LogP contribution in [0.25, 0.3) is 0 Å². The molecule has 3 atom stereocenters. The summed E-state index contributed by atoms with van der Waals surface area (Å²) in [7, 11) is 0. The Morgan fingerprint density at radius 2 is 1.93 bits per heavy atom. The lowest BCUT2D eigenvalue weighted by molar-refractivity contribution is -0.149. The SMILES string of the molecule is CCOC(=O)C(C)N1C(C)CCC1C. The average molecular weight is 199 g/mol. The summed E-state index contributed by atoms with van der Waals surface area (Å²) in [6.45, 7) is 8.62. The van der Waals surface area contributed by atoms with Crippen LogP contribution in [0.5, 0.6) is 0 Å². The minimum atomic E-state index is -0.0950. The van der Waals surface area contributed by atoms with Gasteiger partial charge in [-0.2, -0.15) is 0 Å². The number of ether oxygens (including phenoxy) is 1. The zero-order valence-corrected chi connectivity index (χ0v) is 9.62. The van der Waals surface area contributed by atoms with E-state index in [9.17, 15) is 4.79 Å². The molecular formula is C11H21NO2. The van der Waals surface area contributed by atoms with E-state index in [-0.39, 0.29) is 12.0 Å². The number of carbonyl (C=O) groups is 1. The Bertz CT molecular complexity index is 195. The Kier molecular flexibility index (Phi) is 3.93. The highest BCUT2D eigenvalue weighted by Gasteiger charge is 2.34. The van der Waals surface area contributed by atoms with Gasteiger partial charge in [0.1, 0.15) is 6.04 Å². The van der Waals surface area contributed by atoms with Crippen LogP contribution >= 0.6 is 0 Å². The van der Waals surface area contributed by atoms with Gasteiger partial charge in [0, 0.05) is 12.1 Å². The molecule has 1 aliphatic rings. The van der Waals surface area contributed by atoms with Crippen molar-refractivity contribution in [2.45, 2.75) is 58.7 Å². The second kappa shape index (κ2) is 4.78. The summed E-state index contributed by atoms with van der Waals surface area (Å²) in [6, 6.07) is 0.913. The van der Waals surface area contributed by atoms with Gasteiger partial charge in [-0.1, -0.05) is 0 Å². The van der Waals surface area contributed by atoms with E-state index in [2.05, 4.69) is 18.7 Å². The van der Waals surface area contributed by atoms with Gasteiger partial charge in [0.05, 0.1) is 6.61 Å². The maximum Gasteiger partial charge on any atom is 0.323 e. The van der Waals surface area contributed by atoms with Gasteiger partial charge in [-0.15, -0.1) is 0 Å². The van der Waals surface area contributed by atoms with E-state index in [1.165, 1.54) is 12.8 Å². The number of hydrogen-bond acceptors (Lipinski definition) is 3. The molecule has 0 aromatic rings. The van der Waals surface area contributed by atoms with Crippen LogP contribution in [0.15, 0.2) is 0 Å². The first-order chi connectivity index (χ1) is 6.57. The van der Waals surface area contributed by atoms with Gasteiger partial charge >= 0.3 is 5.97 Å². The van der Waals surface area contributed by atoms with Gasteiger partial charge in [-0.05, 0) is 40.5 Å². The summed E-state index contributed by atoms with van der Waals surface area (Å²) >= 11 is 0. The molecule has 0 aromatic carbocycles. The third-order valence-electron chi connectivity index (χ3n) is 3.10. The van der Waals surface area contributed by atoms with Crippen molar-refractivity contribution in [2.75, 3.05) is 6.61 Å². The van der Waals surface area contributed by atoms with Crippen molar-refractivity contribution in [1.29, 1.82) is 0 Å². The molecule has 3 heteroatoms. The van der Waals surface area contributed by atoms with Crippen molar-refractivity contribution in [3.63, 3.8) is 0 Å². The summed E-state index contributed by atoms with van der Waals surface area (Å²) < 4.78 is 5.03. The summed E-state index contributed by atoms with van der Waals surface area (Å²) in [5.41, 5.74) is 0. The fourth-order valence-electron chi connectivity index (χ4n) is 2.36. The van der Waals surface area contributed by atoms with E-state index >= 15 is 0 Å². The van der Waals surface area contributed by atoms with Crippen LogP contribution in [0.2, 0.25) is 0 Å². The zero-order valence-electron chi connectivity index (χ0n) is 9.62. The largest absolute Gasteiger partial charge is 0.465 e. The van der Waals surface area contributed by atoms with Gasteiger partial charge in [0.25, 0.3) is 0 Å². The van der Waals surface area contributed by atoms with Gasteiger partial charge in [-0.3, -0.25) is 9.69 Å². The van der Waals surface area contributed by atoms with Gasteiger partial charge < -0.3 is 4.74 Å². The molecule has 1 aliphatic heterocycles. The molecule has 14 heavy (non-hydrogen) atoms. The first kappa shape index (κ1) is 11.5.